The van der Waals surface area contributed by atoms with Crippen molar-refractivity contribution < 1.29 is 9.53 Å². The molecule has 0 radical (unpaired) electrons. The fourth-order valence-corrected chi connectivity index (χ4v) is 7.81. The number of ether oxygens (including phenoxy) is 1. The molecule has 0 atom stereocenters. The van der Waals surface area contributed by atoms with Crippen molar-refractivity contribution >= 4 is 39.6 Å². The lowest BCUT2D eigenvalue weighted by molar-refractivity contribution is -0.00665. The van der Waals surface area contributed by atoms with E-state index in [0.29, 0.717) is 23.3 Å². The molecule has 0 unspecified atom stereocenters. The highest BCUT2D eigenvalue weighted by Gasteiger charge is 2.48. The van der Waals surface area contributed by atoms with Crippen LogP contribution < -0.4 is 10.6 Å². The number of anilines is 1. The van der Waals surface area contributed by atoms with Gasteiger partial charge in [0.1, 0.15) is 10.6 Å². The lowest BCUT2D eigenvalue weighted by Gasteiger charge is -2.54. The van der Waals surface area contributed by atoms with Gasteiger partial charge in [0.2, 0.25) is 0 Å². The molecule has 4 saturated carbocycles. The fourth-order valence-electron chi connectivity index (χ4n) is 6.43. The molecule has 0 saturated heterocycles. The Morgan fingerprint density at radius 3 is 2.35 bits per heavy atom. The Balaban J connectivity index is 1.38. The smallest absolute Gasteiger partial charge is 0.341 e. The summed E-state index contributed by atoms with van der Waals surface area (Å²) in [5.74, 6) is 3.05. The van der Waals surface area contributed by atoms with Crippen LogP contribution in [0, 0.1) is 30.6 Å². The number of nitrogens with one attached hydrogen (secondary N) is 2. The first kappa shape index (κ1) is 21.0. The maximum atomic E-state index is 12.9. The lowest BCUT2D eigenvalue weighted by atomic mass is 9.54. The summed E-state index contributed by atoms with van der Waals surface area (Å²) >= 11 is 7.32. The molecule has 0 amide bonds. The Morgan fingerprint density at radius 1 is 1.10 bits per heavy atom. The molecule has 1 aromatic carbocycles. The third kappa shape index (κ3) is 4.00. The van der Waals surface area contributed by atoms with Crippen LogP contribution in [0.25, 0.3) is 11.1 Å². The second kappa shape index (κ2) is 8.55. The summed E-state index contributed by atoms with van der Waals surface area (Å²) in [6.07, 6.45) is 6.83. The maximum Gasteiger partial charge on any atom is 0.341 e. The van der Waals surface area contributed by atoms with Gasteiger partial charge in [-0.25, -0.2) is 4.79 Å². The van der Waals surface area contributed by atoms with Gasteiger partial charge in [0, 0.05) is 16.5 Å². The summed E-state index contributed by atoms with van der Waals surface area (Å²) in [5, 5.41) is 8.43. The molecule has 1 heterocycles. The monoisotopic (exact) mass is 454 g/mol. The highest BCUT2D eigenvalue weighted by molar-refractivity contribution is 7.80. The molecule has 6 heteroatoms. The van der Waals surface area contributed by atoms with E-state index in [0.717, 1.165) is 44.7 Å². The molecule has 0 spiro atoms. The number of hydrogen-bond acceptors (Lipinski definition) is 4. The van der Waals surface area contributed by atoms with Crippen molar-refractivity contribution in [1.29, 1.82) is 0 Å². The Kier molecular flexibility index (Phi) is 5.78. The third-order valence-electron chi connectivity index (χ3n) is 7.38. The van der Waals surface area contributed by atoms with Gasteiger partial charge in [0.25, 0.3) is 0 Å². The van der Waals surface area contributed by atoms with E-state index in [1.807, 2.05) is 37.3 Å². The minimum atomic E-state index is -0.300. The molecule has 4 aliphatic carbocycles. The zero-order valence-electron chi connectivity index (χ0n) is 18.1. The molecule has 2 N–H and O–H groups in total. The molecule has 164 valence electrons. The molecule has 6 rings (SSSR count). The van der Waals surface area contributed by atoms with E-state index in [1.54, 1.807) is 11.3 Å². The summed E-state index contributed by atoms with van der Waals surface area (Å²) in [5.41, 5.74) is 2.54. The zero-order valence-corrected chi connectivity index (χ0v) is 19.8. The lowest BCUT2D eigenvalue weighted by Crippen LogP contribution is -2.56. The van der Waals surface area contributed by atoms with Crippen molar-refractivity contribution in [2.24, 2.45) is 23.7 Å². The van der Waals surface area contributed by atoms with E-state index in [4.69, 9.17) is 17.0 Å². The van der Waals surface area contributed by atoms with E-state index in [-0.39, 0.29) is 5.97 Å². The zero-order chi connectivity index (χ0) is 21.5. The van der Waals surface area contributed by atoms with Gasteiger partial charge < -0.3 is 15.4 Å². The number of benzene rings is 1. The van der Waals surface area contributed by atoms with Crippen LogP contribution in [-0.2, 0) is 4.74 Å². The number of thiocarbonyl (C=S) groups is 1. The summed E-state index contributed by atoms with van der Waals surface area (Å²) in [6.45, 7) is 4.23. The number of hydrogen-bond donors (Lipinski definition) is 2. The highest BCUT2D eigenvalue weighted by Crippen LogP contribution is 2.53. The topological polar surface area (TPSA) is 50.4 Å². The summed E-state index contributed by atoms with van der Waals surface area (Å²) in [7, 11) is 0. The second-order valence-electron chi connectivity index (χ2n) is 9.38. The van der Waals surface area contributed by atoms with Gasteiger partial charge in [-0.15, -0.1) is 11.3 Å². The van der Waals surface area contributed by atoms with Crippen molar-refractivity contribution in [2.45, 2.75) is 52.0 Å². The molecule has 1 aromatic heterocycles. The van der Waals surface area contributed by atoms with Crippen LogP contribution in [0.4, 0.5) is 5.00 Å². The van der Waals surface area contributed by atoms with Crippen molar-refractivity contribution in [3.05, 3.63) is 40.8 Å². The molecular weight excluding hydrogens is 424 g/mol. The van der Waals surface area contributed by atoms with Gasteiger partial charge in [-0.2, -0.15) is 0 Å². The van der Waals surface area contributed by atoms with E-state index in [2.05, 4.69) is 17.6 Å². The predicted octanol–water partition coefficient (Wildman–Crippen LogP) is 6.01. The molecule has 0 aliphatic heterocycles. The Morgan fingerprint density at radius 2 is 1.74 bits per heavy atom. The first-order chi connectivity index (χ1) is 15.0. The van der Waals surface area contributed by atoms with Crippen molar-refractivity contribution in [2.75, 3.05) is 11.9 Å². The molecule has 2 aromatic rings. The van der Waals surface area contributed by atoms with Crippen LogP contribution >= 0.6 is 23.6 Å². The summed E-state index contributed by atoms with van der Waals surface area (Å²) < 4.78 is 5.42. The van der Waals surface area contributed by atoms with Crippen LogP contribution in [-0.4, -0.2) is 23.7 Å². The minimum absolute atomic E-state index is 0.300. The highest BCUT2D eigenvalue weighted by atomic mass is 32.1. The van der Waals surface area contributed by atoms with E-state index in [9.17, 15) is 4.79 Å². The van der Waals surface area contributed by atoms with Crippen molar-refractivity contribution in [3.63, 3.8) is 0 Å². The van der Waals surface area contributed by atoms with E-state index in [1.165, 1.54) is 32.1 Å². The minimum Gasteiger partial charge on any atom is -0.462 e. The van der Waals surface area contributed by atoms with Gasteiger partial charge in [-0.3, -0.25) is 0 Å². The van der Waals surface area contributed by atoms with Gasteiger partial charge in [0.05, 0.1) is 6.61 Å². The first-order valence-electron chi connectivity index (χ1n) is 11.5. The molecule has 4 bridgehead atoms. The van der Waals surface area contributed by atoms with Crippen LogP contribution in [0.15, 0.2) is 30.3 Å². The number of carbonyl (C=O) groups excluding carboxylic acids is 1. The Bertz CT molecular complexity index is 957. The van der Waals surface area contributed by atoms with Gasteiger partial charge in [-0.05, 0) is 87.4 Å². The predicted molar refractivity (Wildman–Crippen MR) is 131 cm³/mol. The fraction of sp³-hybridized carbons (Fsp3) is 0.520. The van der Waals surface area contributed by atoms with Gasteiger partial charge in [0.15, 0.2) is 5.11 Å². The SMILES string of the molecule is CCOC(=O)c1c(NC(=S)NC2C3CC4CC(C3)CC2C4)sc(C)c1-c1ccccc1. The Hall–Kier alpha value is -1.92. The normalized spacial score (nSPS) is 28.4. The quantitative estimate of drug-likeness (QED) is 0.428. The largest absolute Gasteiger partial charge is 0.462 e. The standard InChI is InChI=1S/C25H30N2O2S2/c1-3-29-24(28)21-20(17-7-5-4-6-8-17)14(2)31-23(21)27-25(30)26-22-18-10-15-9-16(12-18)13-19(22)11-15/h4-8,15-16,18-19,22H,3,9-13H2,1-2H3,(H2,26,27,30). The van der Waals surface area contributed by atoms with Crippen LogP contribution in [0.1, 0.15) is 54.3 Å². The van der Waals surface area contributed by atoms with Gasteiger partial charge in [-0.1, -0.05) is 30.3 Å². The number of thiophene rings is 1. The second-order valence-corrected chi connectivity index (χ2v) is 11.0. The third-order valence-corrected chi connectivity index (χ3v) is 8.62. The number of aryl methyl sites for hydroxylation is 1. The maximum absolute atomic E-state index is 12.9. The molecular formula is C25H30N2O2S2. The number of esters is 1. The first-order valence-corrected chi connectivity index (χ1v) is 12.7. The average Bonchev–Trinajstić information content (AvgIpc) is 3.06. The average molecular weight is 455 g/mol. The molecule has 4 aliphatic rings. The van der Waals surface area contributed by atoms with Crippen LogP contribution in [0.3, 0.4) is 0 Å². The van der Waals surface area contributed by atoms with Crippen molar-refractivity contribution in [3.8, 4) is 11.1 Å². The summed E-state index contributed by atoms with van der Waals surface area (Å²) in [6, 6.07) is 10.5. The summed E-state index contributed by atoms with van der Waals surface area (Å²) in [4.78, 5) is 14.0. The Labute approximate surface area is 193 Å². The number of carbonyl (C=O) groups is 1. The van der Waals surface area contributed by atoms with Gasteiger partial charge >= 0.3 is 5.97 Å². The van der Waals surface area contributed by atoms with E-state index >= 15 is 0 Å². The number of rotatable bonds is 5. The van der Waals surface area contributed by atoms with Crippen LogP contribution in [0.2, 0.25) is 0 Å². The van der Waals surface area contributed by atoms with Crippen LogP contribution in [0.5, 0.6) is 0 Å². The van der Waals surface area contributed by atoms with Crippen molar-refractivity contribution in [1.82, 2.24) is 5.32 Å². The molecule has 4 nitrogen and oxygen atoms in total. The molecule has 4 fully saturated rings. The van der Waals surface area contributed by atoms with E-state index < -0.39 is 0 Å². The molecule has 31 heavy (non-hydrogen) atoms.